The van der Waals surface area contributed by atoms with E-state index in [0.29, 0.717) is 6.42 Å². The largest absolute Gasteiger partial charge is 0.346 e. The average Bonchev–Trinajstić information content (AvgIpc) is 3.09. The van der Waals surface area contributed by atoms with Crippen LogP contribution in [0.25, 0.3) is 0 Å². The summed E-state index contributed by atoms with van der Waals surface area (Å²) in [6.07, 6.45) is 3.54. The standard InChI is InChI=1S/C17H18ClN3OS/c18-13-4-2-12(3-5-13)17(6-1-7-17)20-15(22)10-14-11-23-16-19-8-9-21(14)16/h2-5,11H,1,6-10H2,(H,20,22). The predicted octanol–water partition coefficient (Wildman–Crippen LogP) is 3.49. The monoisotopic (exact) mass is 347 g/mol. The summed E-state index contributed by atoms with van der Waals surface area (Å²) in [5.74, 6) is 0.0830. The molecular formula is C17H18ClN3OS. The summed E-state index contributed by atoms with van der Waals surface area (Å²) >= 11 is 7.60. The van der Waals surface area contributed by atoms with Gasteiger partial charge in [0.15, 0.2) is 5.17 Å². The van der Waals surface area contributed by atoms with Gasteiger partial charge in [-0.3, -0.25) is 9.79 Å². The van der Waals surface area contributed by atoms with Crippen molar-refractivity contribution in [3.8, 4) is 0 Å². The molecule has 1 aromatic rings. The fraction of sp³-hybridized carbons (Fsp3) is 0.412. The number of amides is 1. The Morgan fingerprint density at radius 2 is 2.13 bits per heavy atom. The first kappa shape index (κ1) is 15.1. The lowest BCUT2D eigenvalue weighted by Crippen LogP contribution is -2.51. The van der Waals surface area contributed by atoms with Gasteiger partial charge in [0, 0.05) is 17.3 Å². The van der Waals surface area contributed by atoms with Gasteiger partial charge in [-0.1, -0.05) is 35.5 Å². The minimum Gasteiger partial charge on any atom is -0.346 e. The van der Waals surface area contributed by atoms with Crippen molar-refractivity contribution in [2.45, 2.75) is 31.2 Å². The van der Waals surface area contributed by atoms with Gasteiger partial charge in [-0.15, -0.1) is 0 Å². The van der Waals surface area contributed by atoms with Crippen LogP contribution in [0.1, 0.15) is 31.2 Å². The van der Waals surface area contributed by atoms with E-state index in [1.165, 1.54) is 0 Å². The van der Waals surface area contributed by atoms with Crippen molar-refractivity contribution in [1.82, 2.24) is 10.2 Å². The van der Waals surface area contributed by atoms with E-state index in [2.05, 4.69) is 15.2 Å². The summed E-state index contributed by atoms with van der Waals surface area (Å²) in [4.78, 5) is 19.2. The highest BCUT2D eigenvalue weighted by Crippen LogP contribution is 2.42. The number of nitrogens with one attached hydrogen (secondary N) is 1. The summed E-state index contributed by atoms with van der Waals surface area (Å²) in [6.45, 7) is 1.72. The quantitative estimate of drug-likeness (QED) is 0.906. The van der Waals surface area contributed by atoms with Gasteiger partial charge in [0.2, 0.25) is 5.91 Å². The van der Waals surface area contributed by atoms with Gasteiger partial charge in [-0.25, -0.2) is 0 Å². The van der Waals surface area contributed by atoms with E-state index in [9.17, 15) is 4.79 Å². The van der Waals surface area contributed by atoms with E-state index in [0.717, 1.165) is 53.8 Å². The number of thioether (sulfide) groups is 1. The Balaban J connectivity index is 1.45. The van der Waals surface area contributed by atoms with Crippen LogP contribution in [-0.2, 0) is 10.3 Å². The molecule has 1 saturated carbocycles. The zero-order valence-electron chi connectivity index (χ0n) is 12.7. The Bertz CT molecular complexity index is 694. The molecule has 2 aliphatic heterocycles. The van der Waals surface area contributed by atoms with Gasteiger partial charge in [0.05, 0.1) is 18.5 Å². The minimum absolute atomic E-state index is 0.0830. The van der Waals surface area contributed by atoms with Crippen LogP contribution in [0, 0.1) is 0 Å². The molecule has 3 aliphatic rings. The normalized spacial score (nSPS) is 21.3. The number of carbonyl (C=O) groups excluding carboxylic acids is 1. The number of nitrogens with zero attached hydrogens (tertiary/aromatic N) is 2. The Hall–Kier alpha value is -1.46. The molecule has 1 fully saturated rings. The summed E-state index contributed by atoms with van der Waals surface area (Å²) < 4.78 is 0. The molecule has 4 rings (SSSR count). The molecule has 0 atom stereocenters. The number of carbonyl (C=O) groups is 1. The van der Waals surface area contributed by atoms with E-state index in [1.54, 1.807) is 11.8 Å². The third-order valence-electron chi connectivity index (χ3n) is 4.77. The molecule has 120 valence electrons. The molecule has 0 aromatic heterocycles. The molecule has 2 heterocycles. The van der Waals surface area contributed by atoms with Gasteiger partial charge in [-0.05, 0) is 42.4 Å². The fourth-order valence-electron chi connectivity index (χ4n) is 3.38. The zero-order chi connectivity index (χ0) is 15.9. The first-order valence-corrected chi connectivity index (χ1v) is 9.17. The molecule has 1 amide bonds. The highest BCUT2D eigenvalue weighted by molar-refractivity contribution is 8.16. The summed E-state index contributed by atoms with van der Waals surface area (Å²) in [7, 11) is 0. The van der Waals surface area contributed by atoms with Crippen molar-refractivity contribution in [2.24, 2.45) is 4.99 Å². The van der Waals surface area contributed by atoms with Gasteiger partial charge >= 0.3 is 0 Å². The third kappa shape index (κ3) is 2.76. The van der Waals surface area contributed by atoms with E-state index in [4.69, 9.17) is 11.6 Å². The molecule has 1 N–H and O–H groups in total. The molecule has 0 bridgehead atoms. The summed E-state index contributed by atoms with van der Waals surface area (Å²) in [6, 6.07) is 7.84. The lowest BCUT2D eigenvalue weighted by Gasteiger charge is -2.43. The summed E-state index contributed by atoms with van der Waals surface area (Å²) in [5, 5.41) is 7.08. The molecule has 0 radical (unpaired) electrons. The fourth-order valence-corrected chi connectivity index (χ4v) is 4.46. The van der Waals surface area contributed by atoms with Crippen molar-refractivity contribution >= 4 is 34.4 Å². The molecule has 4 nitrogen and oxygen atoms in total. The Morgan fingerprint density at radius 1 is 1.35 bits per heavy atom. The van der Waals surface area contributed by atoms with Crippen LogP contribution >= 0.6 is 23.4 Å². The number of hydrogen-bond donors (Lipinski definition) is 1. The SMILES string of the molecule is O=C(CC1=CSC2=NCCN12)NC1(c2ccc(Cl)cc2)CCC1. The molecule has 1 aromatic carbocycles. The number of aliphatic imine (C=N–C) groups is 1. The maximum Gasteiger partial charge on any atom is 0.226 e. The smallest absolute Gasteiger partial charge is 0.226 e. The molecule has 1 aliphatic carbocycles. The van der Waals surface area contributed by atoms with Gasteiger partial charge in [0.1, 0.15) is 0 Å². The van der Waals surface area contributed by atoms with Gasteiger partial charge in [-0.2, -0.15) is 0 Å². The molecular weight excluding hydrogens is 330 g/mol. The second-order valence-corrected chi connectivity index (χ2v) is 7.48. The van der Waals surface area contributed by atoms with Crippen LogP contribution in [0.2, 0.25) is 5.02 Å². The van der Waals surface area contributed by atoms with Crippen molar-refractivity contribution in [1.29, 1.82) is 0 Å². The van der Waals surface area contributed by atoms with Crippen LogP contribution in [0.4, 0.5) is 0 Å². The number of benzene rings is 1. The number of rotatable bonds is 4. The predicted molar refractivity (Wildman–Crippen MR) is 94.4 cm³/mol. The Labute approximate surface area is 145 Å². The molecule has 23 heavy (non-hydrogen) atoms. The van der Waals surface area contributed by atoms with Crippen molar-refractivity contribution in [2.75, 3.05) is 13.1 Å². The van der Waals surface area contributed by atoms with Crippen LogP contribution in [0.15, 0.2) is 40.4 Å². The van der Waals surface area contributed by atoms with Crippen LogP contribution in [-0.4, -0.2) is 29.1 Å². The number of halogens is 1. The highest BCUT2D eigenvalue weighted by atomic mass is 35.5. The van der Waals surface area contributed by atoms with Gasteiger partial charge in [0.25, 0.3) is 0 Å². The topological polar surface area (TPSA) is 44.7 Å². The van der Waals surface area contributed by atoms with Crippen molar-refractivity contribution in [3.63, 3.8) is 0 Å². The second-order valence-electron chi connectivity index (χ2n) is 6.21. The number of hydrogen-bond acceptors (Lipinski definition) is 4. The van der Waals surface area contributed by atoms with Crippen LogP contribution in [0.5, 0.6) is 0 Å². The van der Waals surface area contributed by atoms with Gasteiger partial charge < -0.3 is 10.2 Å². The first-order valence-electron chi connectivity index (χ1n) is 7.91. The highest BCUT2D eigenvalue weighted by Gasteiger charge is 2.40. The maximum atomic E-state index is 12.6. The van der Waals surface area contributed by atoms with E-state index in [1.807, 2.05) is 29.7 Å². The third-order valence-corrected chi connectivity index (χ3v) is 5.98. The second kappa shape index (κ2) is 5.87. The zero-order valence-corrected chi connectivity index (χ0v) is 14.3. The molecule has 0 unspecified atom stereocenters. The van der Waals surface area contributed by atoms with Crippen LogP contribution in [0.3, 0.4) is 0 Å². The van der Waals surface area contributed by atoms with Crippen molar-refractivity contribution < 1.29 is 4.79 Å². The lowest BCUT2D eigenvalue weighted by atomic mass is 9.71. The first-order chi connectivity index (χ1) is 11.2. The van der Waals surface area contributed by atoms with E-state index >= 15 is 0 Å². The Kier molecular flexibility index (Phi) is 3.85. The lowest BCUT2D eigenvalue weighted by molar-refractivity contribution is -0.123. The number of amidine groups is 1. The molecule has 0 saturated heterocycles. The van der Waals surface area contributed by atoms with E-state index in [-0.39, 0.29) is 11.4 Å². The molecule has 6 heteroatoms. The maximum absolute atomic E-state index is 12.6. The van der Waals surface area contributed by atoms with Crippen molar-refractivity contribution in [3.05, 3.63) is 46.0 Å². The number of fused-ring (bicyclic) bond motifs is 1. The van der Waals surface area contributed by atoms with E-state index < -0.39 is 0 Å². The summed E-state index contributed by atoms with van der Waals surface area (Å²) in [5.41, 5.74) is 2.00. The Morgan fingerprint density at radius 3 is 2.83 bits per heavy atom. The van der Waals surface area contributed by atoms with Crippen LogP contribution < -0.4 is 5.32 Å². The average molecular weight is 348 g/mol. The minimum atomic E-state index is -0.212. The molecule has 0 spiro atoms.